The zero-order valence-electron chi connectivity index (χ0n) is 23.9. The van der Waals surface area contributed by atoms with Crippen LogP contribution in [-0.4, -0.2) is 11.2 Å². The highest BCUT2D eigenvalue weighted by Gasteiger charge is 2.70. The minimum atomic E-state index is -0.124. The van der Waals surface area contributed by atoms with E-state index in [1.54, 1.807) is 0 Å². The SMILES string of the molecule is CC(C)=CCCC(C)(C)C1CC[C@]2(C)C1[C@H](O)CC1[C@@]3(C)CCC(C)C(C)(C)C3CC[C@]12C. The molecule has 4 aliphatic rings. The van der Waals surface area contributed by atoms with Crippen LogP contribution in [-0.2, 0) is 0 Å². The molecule has 4 rings (SSSR count). The molecule has 0 aromatic heterocycles. The fourth-order valence-electron chi connectivity index (χ4n) is 10.7. The van der Waals surface area contributed by atoms with Crippen LogP contribution in [0.1, 0.15) is 127 Å². The fraction of sp³-hybridized carbons (Fsp3) is 0.938. The number of fused-ring (bicyclic) bond motifs is 5. The smallest absolute Gasteiger partial charge is 0.0579 e. The Balaban J connectivity index is 1.66. The second-order valence-corrected chi connectivity index (χ2v) is 15.5. The Kier molecular flexibility index (Phi) is 6.34. The molecule has 0 amide bonds. The van der Waals surface area contributed by atoms with E-state index in [2.05, 4.69) is 75.3 Å². The average Bonchev–Trinajstić information content (AvgIpc) is 3.08. The zero-order chi connectivity index (χ0) is 24.6. The first-order valence-electron chi connectivity index (χ1n) is 14.4. The van der Waals surface area contributed by atoms with Crippen LogP contribution in [0.5, 0.6) is 0 Å². The molecule has 0 aromatic rings. The standard InChI is InChI=1S/C32H56O/c1-21(2)12-11-16-28(4,5)23-14-18-32(10)27(23)24(33)20-26-30(8)17-13-22(3)29(6,7)25(30)15-19-31(26,32)9/h12,22-27,33H,11,13-20H2,1-10H3/t22?,23?,24-,25?,26?,27?,30+,31-,32-/m1/s1. The lowest BCUT2D eigenvalue weighted by atomic mass is 9.34. The summed E-state index contributed by atoms with van der Waals surface area (Å²) >= 11 is 0. The van der Waals surface area contributed by atoms with Crippen LogP contribution in [0.15, 0.2) is 11.6 Å². The molecule has 190 valence electrons. The average molecular weight is 457 g/mol. The summed E-state index contributed by atoms with van der Waals surface area (Å²) in [7, 11) is 0. The highest BCUT2D eigenvalue weighted by molar-refractivity contribution is 5.19. The van der Waals surface area contributed by atoms with Crippen molar-refractivity contribution in [3.63, 3.8) is 0 Å². The summed E-state index contributed by atoms with van der Waals surface area (Å²) in [5.74, 6) is 3.40. The fourth-order valence-corrected chi connectivity index (χ4v) is 10.7. The molecular weight excluding hydrogens is 400 g/mol. The molecule has 0 saturated heterocycles. The molecule has 5 unspecified atom stereocenters. The first-order valence-corrected chi connectivity index (χ1v) is 14.4. The highest BCUT2D eigenvalue weighted by Crippen LogP contribution is 2.76. The van der Waals surface area contributed by atoms with Gasteiger partial charge in [0, 0.05) is 0 Å². The molecule has 0 aliphatic heterocycles. The van der Waals surface area contributed by atoms with E-state index in [0.717, 1.165) is 18.3 Å². The number of aliphatic hydroxyl groups excluding tert-OH is 1. The molecule has 4 aliphatic carbocycles. The van der Waals surface area contributed by atoms with Crippen molar-refractivity contribution in [1.82, 2.24) is 0 Å². The van der Waals surface area contributed by atoms with Crippen molar-refractivity contribution in [2.45, 2.75) is 133 Å². The Morgan fingerprint density at radius 3 is 2.18 bits per heavy atom. The number of rotatable bonds is 4. The molecule has 1 heteroatoms. The van der Waals surface area contributed by atoms with Crippen LogP contribution in [0.25, 0.3) is 0 Å². The van der Waals surface area contributed by atoms with E-state index in [0.29, 0.717) is 39.4 Å². The van der Waals surface area contributed by atoms with Crippen LogP contribution in [0, 0.1) is 56.7 Å². The molecular formula is C32H56O. The van der Waals surface area contributed by atoms with Gasteiger partial charge in [0.05, 0.1) is 6.10 Å². The predicted octanol–water partition coefficient (Wildman–Crippen LogP) is 9.05. The van der Waals surface area contributed by atoms with Crippen LogP contribution >= 0.6 is 0 Å². The minimum Gasteiger partial charge on any atom is -0.393 e. The quantitative estimate of drug-likeness (QED) is 0.418. The van der Waals surface area contributed by atoms with Gasteiger partial charge < -0.3 is 5.11 Å². The molecule has 0 aromatic carbocycles. The molecule has 9 atom stereocenters. The lowest BCUT2D eigenvalue weighted by molar-refractivity contribution is -0.237. The van der Waals surface area contributed by atoms with Crippen LogP contribution in [0.2, 0.25) is 0 Å². The number of aliphatic hydroxyl groups is 1. The predicted molar refractivity (Wildman–Crippen MR) is 142 cm³/mol. The highest BCUT2D eigenvalue weighted by atomic mass is 16.3. The topological polar surface area (TPSA) is 20.2 Å². The number of hydrogen-bond acceptors (Lipinski definition) is 1. The van der Waals surface area contributed by atoms with E-state index in [9.17, 15) is 5.11 Å². The third kappa shape index (κ3) is 3.64. The van der Waals surface area contributed by atoms with Crippen molar-refractivity contribution in [2.75, 3.05) is 0 Å². The molecule has 33 heavy (non-hydrogen) atoms. The monoisotopic (exact) mass is 456 g/mol. The number of allylic oxidation sites excluding steroid dienone is 2. The Morgan fingerprint density at radius 1 is 0.909 bits per heavy atom. The van der Waals surface area contributed by atoms with Crippen LogP contribution < -0.4 is 0 Å². The maximum absolute atomic E-state index is 11.9. The Labute approximate surface area is 206 Å². The van der Waals surface area contributed by atoms with E-state index < -0.39 is 0 Å². The van der Waals surface area contributed by atoms with Gasteiger partial charge in [-0.3, -0.25) is 0 Å². The number of hydrogen-bond donors (Lipinski definition) is 1. The Bertz CT molecular complexity index is 771. The molecule has 0 radical (unpaired) electrons. The van der Waals surface area contributed by atoms with Gasteiger partial charge in [-0.25, -0.2) is 0 Å². The van der Waals surface area contributed by atoms with E-state index in [1.807, 2.05) is 0 Å². The first kappa shape index (κ1) is 25.8. The van der Waals surface area contributed by atoms with Crippen molar-refractivity contribution in [3.05, 3.63) is 11.6 Å². The second-order valence-electron chi connectivity index (χ2n) is 15.5. The molecule has 4 saturated carbocycles. The lowest BCUT2D eigenvalue weighted by Crippen LogP contribution is -2.65. The third-order valence-corrected chi connectivity index (χ3v) is 13.3. The molecule has 0 spiro atoms. The normalized spacial score (nSPS) is 49.1. The van der Waals surface area contributed by atoms with Crippen LogP contribution in [0.4, 0.5) is 0 Å². The Hall–Kier alpha value is -0.300. The molecule has 1 nitrogen and oxygen atoms in total. The second kappa shape index (κ2) is 8.11. The summed E-state index contributed by atoms with van der Waals surface area (Å²) in [6.07, 6.45) is 13.9. The van der Waals surface area contributed by atoms with Gasteiger partial charge in [0.15, 0.2) is 0 Å². The summed E-state index contributed by atoms with van der Waals surface area (Å²) in [4.78, 5) is 0. The maximum atomic E-state index is 11.9. The molecule has 0 bridgehead atoms. The van der Waals surface area contributed by atoms with Gasteiger partial charge in [0.1, 0.15) is 0 Å². The van der Waals surface area contributed by atoms with Gasteiger partial charge in [0.2, 0.25) is 0 Å². The van der Waals surface area contributed by atoms with Crippen molar-refractivity contribution < 1.29 is 5.11 Å². The third-order valence-electron chi connectivity index (χ3n) is 13.3. The van der Waals surface area contributed by atoms with Gasteiger partial charge in [-0.15, -0.1) is 0 Å². The van der Waals surface area contributed by atoms with E-state index in [-0.39, 0.29) is 11.5 Å². The summed E-state index contributed by atoms with van der Waals surface area (Å²) in [5, 5.41) is 11.9. The van der Waals surface area contributed by atoms with Gasteiger partial charge in [0.25, 0.3) is 0 Å². The zero-order valence-corrected chi connectivity index (χ0v) is 23.9. The first-order chi connectivity index (χ1) is 15.1. The summed E-state index contributed by atoms with van der Waals surface area (Å²) < 4.78 is 0. The molecule has 4 fully saturated rings. The van der Waals surface area contributed by atoms with E-state index >= 15 is 0 Å². The van der Waals surface area contributed by atoms with Crippen molar-refractivity contribution in [3.8, 4) is 0 Å². The van der Waals surface area contributed by atoms with Gasteiger partial charge in [-0.2, -0.15) is 0 Å². The van der Waals surface area contributed by atoms with E-state index in [4.69, 9.17) is 0 Å². The Morgan fingerprint density at radius 2 is 1.55 bits per heavy atom. The van der Waals surface area contributed by atoms with Gasteiger partial charge in [-0.05, 0) is 128 Å². The maximum Gasteiger partial charge on any atom is 0.0579 e. The molecule has 0 heterocycles. The van der Waals surface area contributed by atoms with Gasteiger partial charge >= 0.3 is 0 Å². The van der Waals surface area contributed by atoms with Crippen LogP contribution in [0.3, 0.4) is 0 Å². The van der Waals surface area contributed by atoms with Gasteiger partial charge in [-0.1, -0.05) is 67.0 Å². The summed E-state index contributed by atoms with van der Waals surface area (Å²) in [6, 6.07) is 0. The van der Waals surface area contributed by atoms with Crippen molar-refractivity contribution in [1.29, 1.82) is 0 Å². The lowest BCUT2D eigenvalue weighted by Gasteiger charge is -2.71. The van der Waals surface area contributed by atoms with E-state index in [1.165, 1.54) is 56.9 Å². The minimum absolute atomic E-state index is 0.124. The van der Waals surface area contributed by atoms with Crippen molar-refractivity contribution >= 4 is 0 Å². The molecule has 1 N–H and O–H groups in total. The largest absolute Gasteiger partial charge is 0.393 e. The van der Waals surface area contributed by atoms with Crippen molar-refractivity contribution in [2.24, 2.45) is 56.7 Å². The summed E-state index contributed by atoms with van der Waals surface area (Å²) in [6.45, 7) is 25.0. The summed E-state index contributed by atoms with van der Waals surface area (Å²) in [5.41, 5.74) is 3.17.